The van der Waals surface area contributed by atoms with Crippen molar-refractivity contribution in [2.24, 2.45) is 0 Å². The molecule has 0 spiro atoms. The summed E-state index contributed by atoms with van der Waals surface area (Å²) in [5, 5.41) is 0. The van der Waals surface area contributed by atoms with E-state index in [1.165, 1.54) is 30.7 Å². The monoisotopic (exact) mass is 195 g/mol. The van der Waals surface area contributed by atoms with Gasteiger partial charge in [0.25, 0.3) is 0 Å². The van der Waals surface area contributed by atoms with Crippen LogP contribution >= 0.6 is 0 Å². The molecule has 0 saturated heterocycles. The van der Waals surface area contributed by atoms with Gasteiger partial charge in [0.15, 0.2) is 0 Å². The molecule has 0 heterocycles. The Hall–Kier alpha value is 0.0969. The molecule has 12 heavy (non-hydrogen) atoms. The molecule has 0 aromatic heterocycles. The average Bonchev–Trinajstić information content (AvgIpc) is 2.13. The molecule has 0 radical (unpaired) electrons. The van der Waals surface area contributed by atoms with Crippen molar-refractivity contribution in [3.63, 3.8) is 0 Å². The van der Waals surface area contributed by atoms with Crippen LogP contribution < -0.4 is 0 Å². The molecular formula is C8H25NO2Si. The van der Waals surface area contributed by atoms with Crippen LogP contribution in [-0.2, 0) is 0 Å². The first kappa shape index (κ1) is 18.0. The molecule has 0 amide bonds. The van der Waals surface area contributed by atoms with E-state index in [1.807, 2.05) is 0 Å². The van der Waals surface area contributed by atoms with Crippen molar-refractivity contribution < 1.29 is 14.8 Å². The van der Waals surface area contributed by atoms with E-state index in [2.05, 4.69) is 27.7 Å². The molecule has 0 bridgehead atoms. The Morgan fingerprint density at radius 2 is 1.00 bits per heavy atom. The third-order valence-corrected chi connectivity index (χ3v) is 2.68. The lowest BCUT2D eigenvalue weighted by molar-refractivity contribution is -0.921. The Balaban J connectivity index is -0.000000249. The molecule has 0 aliphatic carbocycles. The van der Waals surface area contributed by atoms with Gasteiger partial charge < -0.3 is 14.8 Å². The van der Waals surface area contributed by atoms with Gasteiger partial charge in [0.1, 0.15) is 10.5 Å². The van der Waals surface area contributed by atoms with E-state index in [0.29, 0.717) is 10.5 Å². The van der Waals surface area contributed by atoms with Gasteiger partial charge in [0, 0.05) is 0 Å². The van der Waals surface area contributed by atoms with Crippen molar-refractivity contribution in [2.45, 2.75) is 27.7 Å². The molecule has 0 aromatic rings. The Labute approximate surface area is 79.8 Å². The zero-order valence-corrected chi connectivity index (χ0v) is 11.2. The summed E-state index contributed by atoms with van der Waals surface area (Å²) in [4.78, 5) is 7.14. The standard InChI is InChI=1S/C8H20N.H4OSi.H2O/c1-5-9(6-2,7-3)8-4;1-2;/h5-8H2,1-4H3;1H,2H3;1H2/q+1;;/p-1. The Morgan fingerprint density at radius 1 is 0.833 bits per heavy atom. The lowest BCUT2D eigenvalue weighted by Gasteiger charge is -2.34. The highest BCUT2D eigenvalue weighted by Crippen LogP contribution is 2.03. The van der Waals surface area contributed by atoms with Crippen molar-refractivity contribution in [1.29, 1.82) is 0 Å². The summed E-state index contributed by atoms with van der Waals surface area (Å²) in [5.41, 5.74) is 0. The molecule has 0 fully saturated rings. The molecule has 0 aliphatic heterocycles. The summed E-state index contributed by atoms with van der Waals surface area (Å²) >= 11 is 0. The highest BCUT2D eigenvalue weighted by atomic mass is 28.2. The van der Waals surface area contributed by atoms with Gasteiger partial charge in [-0.05, 0) is 27.7 Å². The van der Waals surface area contributed by atoms with E-state index in [1.54, 1.807) is 0 Å². The normalized spacial score (nSPS) is 9.75. The molecule has 0 aliphatic rings. The smallest absolute Gasteiger partial charge is 0.141 e. The summed E-state index contributed by atoms with van der Waals surface area (Å²) in [6.45, 7) is 14.2. The van der Waals surface area contributed by atoms with Gasteiger partial charge in [-0.15, -0.1) is 0 Å². The second kappa shape index (κ2) is 11.1. The molecule has 0 rings (SSSR count). The van der Waals surface area contributed by atoms with Crippen LogP contribution in [0.4, 0.5) is 0 Å². The molecule has 3 nitrogen and oxygen atoms in total. The number of quaternary nitrogens is 1. The summed E-state index contributed by atoms with van der Waals surface area (Å²) in [5.74, 6) is 0. The zero-order valence-electron chi connectivity index (χ0n) is 9.17. The van der Waals surface area contributed by atoms with Gasteiger partial charge in [-0.2, -0.15) is 0 Å². The first-order valence-corrected chi connectivity index (χ1v) is 5.43. The van der Waals surface area contributed by atoms with Crippen LogP contribution in [0.2, 0.25) is 0 Å². The van der Waals surface area contributed by atoms with E-state index in [4.69, 9.17) is 4.80 Å². The van der Waals surface area contributed by atoms with Crippen molar-refractivity contribution in [1.82, 2.24) is 0 Å². The minimum atomic E-state index is 0. The third kappa shape index (κ3) is 5.71. The maximum Gasteiger partial charge on any atom is 0.141 e. The number of nitrogens with zero attached hydrogens (tertiary/aromatic N) is 1. The minimum Gasteiger partial charge on any atom is -0.870 e. The maximum atomic E-state index is 7.14. The van der Waals surface area contributed by atoms with Crippen LogP contribution in [0.1, 0.15) is 27.7 Å². The van der Waals surface area contributed by atoms with Crippen LogP contribution in [-0.4, -0.2) is 51.4 Å². The molecular weight excluding hydrogens is 170 g/mol. The van der Waals surface area contributed by atoms with Gasteiger partial charge in [0.2, 0.25) is 0 Å². The molecule has 0 unspecified atom stereocenters. The van der Waals surface area contributed by atoms with E-state index in [9.17, 15) is 0 Å². The second-order valence-corrected chi connectivity index (χ2v) is 2.61. The maximum absolute atomic E-state index is 7.14. The highest BCUT2D eigenvalue weighted by Gasteiger charge is 2.16. The molecule has 0 aromatic carbocycles. The molecule has 0 atom stereocenters. The van der Waals surface area contributed by atoms with Crippen molar-refractivity contribution in [3.05, 3.63) is 0 Å². The van der Waals surface area contributed by atoms with Gasteiger partial charge in [-0.3, -0.25) is 0 Å². The fraction of sp³-hybridized carbons (Fsp3) is 1.00. The lowest BCUT2D eigenvalue weighted by Crippen LogP contribution is -2.47. The van der Waals surface area contributed by atoms with Gasteiger partial charge in [-0.1, -0.05) is 0 Å². The fourth-order valence-electron chi connectivity index (χ4n) is 1.34. The third-order valence-electron chi connectivity index (χ3n) is 2.68. The molecule has 4 heteroatoms. The summed E-state index contributed by atoms with van der Waals surface area (Å²) < 4.78 is 1.28. The fourth-order valence-corrected chi connectivity index (χ4v) is 1.34. The van der Waals surface area contributed by atoms with Crippen LogP contribution in [0.3, 0.4) is 0 Å². The van der Waals surface area contributed by atoms with E-state index >= 15 is 0 Å². The lowest BCUT2D eigenvalue weighted by atomic mass is 10.3. The average molecular weight is 195 g/mol. The van der Waals surface area contributed by atoms with E-state index in [0.717, 1.165) is 0 Å². The molecule has 0 saturated carbocycles. The molecule has 78 valence electrons. The number of rotatable bonds is 4. The van der Waals surface area contributed by atoms with Crippen molar-refractivity contribution >= 4 is 10.5 Å². The van der Waals surface area contributed by atoms with Gasteiger partial charge in [0.05, 0.1) is 26.2 Å². The molecule has 2 N–H and O–H groups in total. The van der Waals surface area contributed by atoms with E-state index < -0.39 is 0 Å². The topological polar surface area (TPSA) is 50.2 Å². The SMILES string of the molecule is CC[N+](CC)(CC)CC.O[SiH3].[OH-]. The largest absolute Gasteiger partial charge is 0.870 e. The predicted octanol–water partition coefficient (Wildman–Crippen LogP) is -0.0349. The zero-order chi connectivity index (χ0) is 9.33. The summed E-state index contributed by atoms with van der Waals surface area (Å²) in [7, 11) is 0.306. The van der Waals surface area contributed by atoms with Crippen molar-refractivity contribution in [2.75, 3.05) is 26.2 Å². The van der Waals surface area contributed by atoms with Crippen LogP contribution in [0.25, 0.3) is 0 Å². The number of hydrogen-bond acceptors (Lipinski definition) is 2. The van der Waals surface area contributed by atoms with Crippen LogP contribution in [0.5, 0.6) is 0 Å². The first-order chi connectivity index (χ1) is 5.24. The van der Waals surface area contributed by atoms with Crippen molar-refractivity contribution in [3.8, 4) is 0 Å². The van der Waals surface area contributed by atoms with Crippen LogP contribution in [0, 0.1) is 0 Å². The first-order valence-electron chi connectivity index (χ1n) is 4.54. The minimum absolute atomic E-state index is 0. The summed E-state index contributed by atoms with van der Waals surface area (Å²) in [6.07, 6.45) is 0. The quantitative estimate of drug-likeness (QED) is 0.506. The Bertz CT molecular complexity index is 59.9. The summed E-state index contributed by atoms with van der Waals surface area (Å²) in [6, 6.07) is 0. The van der Waals surface area contributed by atoms with Crippen LogP contribution in [0.15, 0.2) is 0 Å². The predicted molar refractivity (Wildman–Crippen MR) is 56.5 cm³/mol. The number of hydrogen-bond donors (Lipinski definition) is 1. The van der Waals surface area contributed by atoms with Gasteiger partial charge >= 0.3 is 0 Å². The highest BCUT2D eigenvalue weighted by molar-refractivity contribution is 5.95. The van der Waals surface area contributed by atoms with E-state index in [-0.39, 0.29) is 5.48 Å². The second-order valence-electron chi connectivity index (χ2n) is 2.61. The Kier molecular flexibility index (Phi) is 16.6. The van der Waals surface area contributed by atoms with Gasteiger partial charge in [-0.25, -0.2) is 0 Å². The Morgan fingerprint density at radius 3 is 1.00 bits per heavy atom.